The second kappa shape index (κ2) is 7.19. The molecule has 5 nitrogen and oxygen atoms in total. The third-order valence-corrected chi connectivity index (χ3v) is 4.81. The molecule has 23 heavy (non-hydrogen) atoms. The predicted octanol–water partition coefficient (Wildman–Crippen LogP) is 3.54. The van der Waals surface area contributed by atoms with Gasteiger partial charge in [0.05, 0.1) is 13.2 Å². The molecular formula is C17H22N2O3S. The van der Waals surface area contributed by atoms with Crippen LogP contribution in [0.1, 0.15) is 36.0 Å². The minimum absolute atomic E-state index is 0.0383. The van der Waals surface area contributed by atoms with Crippen LogP contribution in [0.2, 0.25) is 0 Å². The van der Waals surface area contributed by atoms with E-state index in [0.29, 0.717) is 32.2 Å². The van der Waals surface area contributed by atoms with Gasteiger partial charge in [-0.05, 0) is 47.4 Å². The SMILES string of the molecule is Cc1ccc(C2CN(C(=O)NCC(C)c3ccsc3)CCO2)o1. The normalized spacial score (nSPS) is 19.6. The Morgan fingerprint density at radius 3 is 3.04 bits per heavy atom. The zero-order valence-electron chi connectivity index (χ0n) is 13.5. The number of aryl methyl sites for hydroxylation is 1. The Kier molecular flexibility index (Phi) is 5.03. The van der Waals surface area contributed by atoms with Gasteiger partial charge in [0.2, 0.25) is 0 Å². The molecule has 0 aromatic carbocycles. The van der Waals surface area contributed by atoms with Crippen LogP contribution < -0.4 is 5.32 Å². The Bertz CT molecular complexity index is 638. The number of amides is 2. The van der Waals surface area contributed by atoms with Crippen molar-refractivity contribution in [3.05, 3.63) is 46.0 Å². The summed E-state index contributed by atoms with van der Waals surface area (Å²) in [6, 6.07) is 5.90. The average molecular weight is 334 g/mol. The highest BCUT2D eigenvalue weighted by molar-refractivity contribution is 7.07. The molecule has 1 aliphatic rings. The third kappa shape index (κ3) is 3.95. The van der Waals surface area contributed by atoms with Crippen molar-refractivity contribution in [2.45, 2.75) is 25.9 Å². The fourth-order valence-electron chi connectivity index (χ4n) is 2.66. The van der Waals surface area contributed by atoms with E-state index in [2.05, 4.69) is 29.1 Å². The molecule has 1 fully saturated rings. The summed E-state index contributed by atoms with van der Waals surface area (Å²) in [5.74, 6) is 1.95. The molecule has 2 atom stereocenters. The van der Waals surface area contributed by atoms with Crippen molar-refractivity contribution in [2.75, 3.05) is 26.2 Å². The monoisotopic (exact) mass is 334 g/mol. The van der Waals surface area contributed by atoms with Gasteiger partial charge in [0, 0.05) is 13.1 Å². The van der Waals surface area contributed by atoms with E-state index in [-0.39, 0.29) is 12.1 Å². The summed E-state index contributed by atoms with van der Waals surface area (Å²) in [6.07, 6.45) is -0.183. The van der Waals surface area contributed by atoms with Crippen LogP contribution in [0.4, 0.5) is 4.79 Å². The van der Waals surface area contributed by atoms with Crippen molar-refractivity contribution in [3.63, 3.8) is 0 Å². The van der Waals surface area contributed by atoms with Crippen LogP contribution >= 0.6 is 11.3 Å². The van der Waals surface area contributed by atoms with Gasteiger partial charge in [-0.15, -0.1) is 0 Å². The highest BCUT2D eigenvalue weighted by Crippen LogP contribution is 2.24. The molecule has 1 N–H and O–H groups in total. The number of hydrogen-bond acceptors (Lipinski definition) is 4. The number of thiophene rings is 1. The minimum Gasteiger partial charge on any atom is -0.464 e. The van der Waals surface area contributed by atoms with Gasteiger partial charge in [-0.3, -0.25) is 0 Å². The third-order valence-electron chi connectivity index (χ3n) is 4.10. The van der Waals surface area contributed by atoms with Crippen molar-refractivity contribution in [1.29, 1.82) is 0 Å². The fraction of sp³-hybridized carbons (Fsp3) is 0.471. The molecule has 2 unspecified atom stereocenters. The van der Waals surface area contributed by atoms with Crippen molar-refractivity contribution >= 4 is 17.4 Å². The van der Waals surface area contributed by atoms with Crippen LogP contribution in [0, 0.1) is 6.92 Å². The molecule has 0 radical (unpaired) electrons. The number of rotatable bonds is 4. The smallest absolute Gasteiger partial charge is 0.317 e. The Hall–Kier alpha value is -1.79. The molecule has 3 heterocycles. The lowest BCUT2D eigenvalue weighted by Gasteiger charge is -2.32. The second-order valence-corrected chi connectivity index (χ2v) is 6.68. The Morgan fingerprint density at radius 2 is 2.35 bits per heavy atom. The maximum atomic E-state index is 12.4. The van der Waals surface area contributed by atoms with Gasteiger partial charge in [0.25, 0.3) is 0 Å². The van der Waals surface area contributed by atoms with Crippen LogP contribution in [0.3, 0.4) is 0 Å². The first-order valence-corrected chi connectivity index (χ1v) is 8.80. The zero-order valence-corrected chi connectivity index (χ0v) is 14.3. The molecule has 124 valence electrons. The van der Waals surface area contributed by atoms with E-state index in [4.69, 9.17) is 9.15 Å². The van der Waals surface area contributed by atoms with Crippen LogP contribution in [0.25, 0.3) is 0 Å². The van der Waals surface area contributed by atoms with Crippen molar-refractivity contribution in [3.8, 4) is 0 Å². The molecule has 0 spiro atoms. The summed E-state index contributed by atoms with van der Waals surface area (Å²) in [4.78, 5) is 14.2. The van der Waals surface area contributed by atoms with Crippen LogP contribution in [0.15, 0.2) is 33.4 Å². The molecular weight excluding hydrogens is 312 g/mol. The lowest BCUT2D eigenvalue weighted by Crippen LogP contribution is -2.47. The first kappa shape index (κ1) is 16.1. The average Bonchev–Trinajstić information content (AvgIpc) is 3.24. The molecule has 0 saturated carbocycles. The van der Waals surface area contributed by atoms with Gasteiger partial charge in [0.15, 0.2) is 0 Å². The Labute approximate surface area is 140 Å². The summed E-state index contributed by atoms with van der Waals surface area (Å²) >= 11 is 1.68. The molecule has 1 aliphatic heterocycles. The van der Waals surface area contributed by atoms with Crippen LogP contribution in [-0.4, -0.2) is 37.2 Å². The molecule has 1 saturated heterocycles. The number of nitrogens with one attached hydrogen (secondary N) is 1. The molecule has 2 aromatic heterocycles. The van der Waals surface area contributed by atoms with Crippen molar-refractivity contribution in [2.24, 2.45) is 0 Å². The lowest BCUT2D eigenvalue weighted by atomic mass is 10.1. The number of ether oxygens (including phenoxy) is 1. The number of urea groups is 1. The molecule has 0 aliphatic carbocycles. The van der Waals surface area contributed by atoms with E-state index < -0.39 is 0 Å². The van der Waals surface area contributed by atoms with Crippen molar-refractivity contribution in [1.82, 2.24) is 10.2 Å². The Balaban J connectivity index is 1.53. The fourth-order valence-corrected chi connectivity index (χ4v) is 3.44. The van der Waals surface area contributed by atoms with Gasteiger partial charge >= 0.3 is 6.03 Å². The van der Waals surface area contributed by atoms with E-state index in [9.17, 15) is 4.79 Å². The summed E-state index contributed by atoms with van der Waals surface area (Å²) in [6.45, 7) is 6.31. The van der Waals surface area contributed by atoms with Crippen molar-refractivity contribution < 1.29 is 13.9 Å². The number of nitrogens with zero attached hydrogens (tertiary/aromatic N) is 1. The number of carbonyl (C=O) groups excluding carboxylic acids is 1. The van der Waals surface area contributed by atoms with E-state index >= 15 is 0 Å². The molecule has 6 heteroatoms. The van der Waals surface area contributed by atoms with Gasteiger partial charge in [0.1, 0.15) is 17.6 Å². The highest BCUT2D eigenvalue weighted by Gasteiger charge is 2.27. The van der Waals surface area contributed by atoms with Gasteiger partial charge < -0.3 is 19.4 Å². The first-order chi connectivity index (χ1) is 11.1. The van der Waals surface area contributed by atoms with Gasteiger partial charge in [-0.25, -0.2) is 4.79 Å². The quantitative estimate of drug-likeness (QED) is 0.930. The summed E-state index contributed by atoms with van der Waals surface area (Å²) < 4.78 is 11.3. The number of carbonyl (C=O) groups is 1. The standard InChI is InChI=1S/C17H22N2O3S/c1-12(14-5-8-23-11-14)9-18-17(20)19-6-7-21-16(10-19)15-4-3-13(2)22-15/h3-5,8,11-12,16H,6-7,9-10H2,1-2H3,(H,18,20). The number of morpholine rings is 1. The van der Waals surface area contributed by atoms with E-state index in [1.807, 2.05) is 19.1 Å². The largest absolute Gasteiger partial charge is 0.464 e. The molecule has 3 rings (SSSR count). The highest BCUT2D eigenvalue weighted by atomic mass is 32.1. The minimum atomic E-state index is -0.183. The topological polar surface area (TPSA) is 54.7 Å². The van der Waals surface area contributed by atoms with E-state index in [1.165, 1.54) is 5.56 Å². The molecule has 0 bridgehead atoms. The molecule has 2 amide bonds. The van der Waals surface area contributed by atoms with Crippen LogP contribution in [0.5, 0.6) is 0 Å². The number of hydrogen-bond donors (Lipinski definition) is 1. The summed E-state index contributed by atoms with van der Waals surface area (Å²) in [5, 5.41) is 7.21. The van der Waals surface area contributed by atoms with Crippen LogP contribution in [-0.2, 0) is 4.74 Å². The Morgan fingerprint density at radius 1 is 1.48 bits per heavy atom. The predicted molar refractivity (Wildman–Crippen MR) is 89.8 cm³/mol. The second-order valence-electron chi connectivity index (χ2n) is 5.90. The molecule has 2 aromatic rings. The lowest BCUT2D eigenvalue weighted by molar-refractivity contribution is -0.0263. The zero-order chi connectivity index (χ0) is 16.2. The summed E-state index contributed by atoms with van der Waals surface area (Å²) in [7, 11) is 0. The number of furan rings is 1. The van der Waals surface area contributed by atoms with E-state index in [1.54, 1.807) is 16.2 Å². The van der Waals surface area contributed by atoms with Gasteiger partial charge in [-0.1, -0.05) is 6.92 Å². The van der Waals surface area contributed by atoms with Gasteiger partial charge in [-0.2, -0.15) is 11.3 Å². The maximum Gasteiger partial charge on any atom is 0.317 e. The summed E-state index contributed by atoms with van der Waals surface area (Å²) in [5.41, 5.74) is 1.27. The van der Waals surface area contributed by atoms with E-state index in [0.717, 1.165) is 11.5 Å². The first-order valence-electron chi connectivity index (χ1n) is 7.86. The maximum absolute atomic E-state index is 12.4.